The number of β-amino-alcohol motifs (C(OH)–C–C–N with tert-alkyl or cyclic N) is 1. The zero-order chi connectivity index (χ0) is 8.60. The highest BCUT2D eigenvalue weighted by Crippen LogP contribution is 2.34. The first-order chi connectivity index (χ1) is 5.73. The van der Waals surface area contributed by atoms with Gasteiger partial charge >= 0.3 is 0 Å². The van der Waals surface area contributed by atoms with Gasteiger partial charge in [-0.3, -0.25) is 4.90 Å². The van der Waals surface area contributed by atoms with E-state index in [0.717, 1.165) is 25.6 Å². The van der Waals surface area contributed by atoms with E-state index in [9.17, 15) is 5.11 Å². The minimum Gasteiger partial charge on any atom is -0.388 e. The van der Waals surface area contributed by atoms with E-state index in [-0.39, 0.29) is 0 Å². The molecule has 1 aliphatic carbocycles. The number of rotatable bonds is 2. The average molecular weight is 165 g/mol. The fourth-order valence-electron chi connectivity index (χ4n) is 1.97. The molecule has 0 radical (unpaired) electrons. The second-order valence-corrected chi connectivity index (χ2v) is 4.06. The average Bonchev–Trinajstić information content (AvgIpc) is 2.78. The van der Waals surface area contributed by atoms with E-state index in [0.29, 0.717) is 6.42 Å². The molecular formula is C10H15NO. The number of hydrogen-bond donors (Lipinski definition) is 1. The molecule has 0 bridgehead atoms. The Morgan fingerprint density at radius 3 is 2.92 bits per heavy atom. The second-order valence-electron chi connectivity index (χ2n) is 4.06. The predicted octanol–water partition coefficient (Wildman–Crippen LogP) is 0.609. The van der Waals surface area contributed by atoms with Crippen LogP contribution in [0.3, 0.4) is 0 Å². The Labute approximate surface area is 73.6 Å². The predicted molar refractivity (Wildman–Crippen MR) is 47.6 cm³/mol. The van der Waals surface area contributed by atoms with Gasteiger partial charge in [-0.1, -0.05) is 0 Å². The lowest BCUT2D eigenvalue weighted by molar-refractivity contribution is 0.0535. The molecule has 66 valence electrons. The molecule has 2 fully saturated rings. The lowest BCUT2D eigenvalue weighted by Gasteiger charge is -2.20. The van der Waals surface area contributed by atoms with Crippen molar-refractivity contribution in [2.24, 2.45) is 0 Å². The van der Waals surface area contributed by atoms with Crippen LogP contribution in [0.2, 0.25) is 0 Å². The maximum absolute atomic E-state index is 9.95. The van der Waals surface area contributed by atoms with Crippen LogP contribution in [0.5, 0.6) is 0 Å². The molecule has 1 N–H and O–H groups in total. The van der Waals surface area contributed by atoms with E-state index in [1.165, 1.54) is 12.8 Å². The van der Waals surface area contributed by atoms with E-state index in [2.05, 4.69) is 10.8 Å². The summed E-state index contributed by atoms with van der Waals surface area (Å²) in [6, 6.07) is 0.761. The first kappa shape index (κ1) is 8.10. The van der Waals surface area contributed by atoms with E-state index in [1.54, 1.807) is 0 Å². The van der Waals surface area contributed by atoms with Gasteiger partial charge in [0.1, 0.15) is 0 Å². The van der Waals surface area contributed by atoms with E-state index >= 15 is 0 Å². The smallest absolute Gasteiger partial charge is 0.0894 e. The van der Waals surface area contributed by atoms with Crippen molar-refractivity contribution in [3.8, 4) is 12.3 Å². The number of aliphatic hydroxyl groups is 1. The molecule has 0 aromatic rings. The Bertz CT molecular complexity index is 216. The van der Waals surface area contributed by atoms with Gasteiger partial charge < -0.3 is 5.11 Å². The van der Waals surface area contributed by atoms with Crippen LogP contribution in [0.25, 0.3) is 0 Å². The van der Waals surface area contributed by atoms with Crippen LogP contribution < -0.4 is 0 Å². The molecule has 0 aromatic carbocycles. The Morgan fingerprint density at radius 1 is 1.58 bits per heavy atom. The zero-order valence-electron chi connectivity index (χ0n) is 7.29. The minimum absolute atomic E-state index is 0.510. The summed E-state index contributed by atoms with van der Waals surface area (Å²) in [6.45, 7) is 1.82. The number of likely N-dealkylation sites (tertiary alicyclic amines) is 1. The molecule has 2 nitrogen and oxygen atoms in total. The van der Waals surface area contributed by atoms with Crippen molar-refractivity contribution < 1.29 is 5.11 Å². The third kappa shape index (κ3) is 1.48. The van der Waals surface area contributed by atoms with Crippen molar-refractivity contribution in [2.45, 2.75) is 37.3 Å². The summed E-state index contributed by atoms with van der Waals surface area (Å²) in [4.78, 5) is 2.37. The molecule has 12 heavy (non-hydrogen) atoms. The van der Waals surface area contributed by atoms with Crippen LogP contribution in [-0.2, 0) is 0 Å². The summed E-state index contributed by atoms with van der Waals surface area (Å²) in [7, 11) is 0. The van der Waals surface area contributed by atoms with Crippen LogP contribution in [0.15, 0.2) is 0 Å². The minimum atomic E-state index is -0.572. The summed E-state index contributed by atoms with van der Waals surface area (Å²) in [6.07, 6.45) is 9.19. The Balaban J connectivity index is 1.91. The second kappa shape index (κ2) is 2.76. The quantitative estimate of drug-likeness (QED) is 0.606. The third-order valence-electron chi connectivity index (χ3n) is 2.86. The molecule has 1 heterocycles. The molecule has 2 heteroatoms. The molecular weight excluding hydrogens is 150 g/mol. The van der Waals surface area contributed by atoms with Gasteiger partial charge in [-0.15, -0.1) is 12.3 Å². The monoisotopic (exact) mass is 165 g/mol. The third-order valence-corrected chi connectivity index (χ3v) is 2.86. The van der Waals surface area contributed by atoms with Crippen LogP contribution in [0.4, 0.5) is 0 Å². The highest BCUT2D eigenvalue weighted by atomic mass is 16.3. The van der Waals surface area contributed by atoms with Crippen LogP contribution in [0.1, 0.15) is 25.7 Å². The first-order valence-corrected chi connectivity index (χ1v) is 4.63. The molecule has 1 unspecified atom stereocenters. The van der Waals surface area contributed by atoms with Crippen molar-refractivity contribution in [3.63, 3.8) is 0 Å². The number of hydrogen-bond acceptors (Lipinski definition) is 2. The lowest BCUT2D eigenvalue weighted by atomic mass is 10.00. The Morgan fingerprint density at radius 2 is 2.33 bits per heavy atom. The fourth-order valence-corrected chi connectivity index (χ4v) is 1.97. The summed E-state index contributed by atoms with van der Waals surface area (Å²) in [5.74, 6) is 2.55. The van der Waals surface area contributed by atoms with E-state index in [4.69, 9.17) is 6.42 Å². The topological polar surface area (TPSA) is 23.5 Å². The Kier molecular flexibility index (Phi) is 1.86. The molecule has 1 saturated carbocycles. The molecule has 0 amide bonds. The van der Waals surface area contributed by atoms with Gasteiger partial charge in [0.25, 0.3) is 0 Å². The van der Waals surface area contributed by atoms with Gasteiger partial charge in [0, 0.05) is 25.6 Å². The van der Waals surface area contributed by atoms with Gasteiger partial charge in [-0.05, 0) is 19.3 Å². The van der Waals surface area contributed by atoms with Crippen LogP contribution >= 0.6 is 0 Å². The zero-order valence-corrected chi connectivity index (χ0v) is 7.29. The molecule has 1 saturated heterocycles. The Hall–Kier alpha value is -0.520. The maximum atomic E-state index is 9.95. The van der Waals surface area contributed by atoms with Crippen molar-refractivity contribution in [3.05, 3.63) is 0 Å². The van der Waals surface area contributed by atoms with Crippen molar-refractivity contribution in [1.29, 1.82) is 0 Å². The molecule has 1 atom stereocenters. The highest BCUT2D eigenvalue weighted by Gasteiger charge is 2.41. The summed E-state index contributed by atoms with van der Waals surface area (Å²) in [5.41, 5.74) is -0.572. The normalized spacial score (nSPS) is 36.7. The molecule has 1 aliphatic heterocycles. The number of nitrogens with zero attached hydrogens (tertiary/aromatic N) is 1. The first-order valence-electron chi connectivity index (χ1n) is 4.63. The van der Waals surface area contributed by atoms with E-state index in [1.807, 2.05) is 0 Å². The summed E-state index contributed by atoms with van der Waals surface area (Å²) >= 11 is 0. The van der Waals surface area contributed by atoms with Crippen LogP contribution in [-0.4, -0.2) is 34.7 Å². The standard InChI is InChI=1S/C10H15NO/c1-2-5-10(12)6-7-11(8-10)9-3-4-9/h1,9,12H,3-8H2. The van der Waals surface area contributed by atoms with Crippen molar-refractivity contribution in [1.82, 2.24) is 4.90 Å². The van der Waals surface area contributed by atoms with E-state index < -0.39 is 5.60 Å². The van der Waals surface area contributed by atoms with Gasteiger partial charge in [0.15, 0.2) is 0 Å². The van der Waals surface area contributed by atoms with Gasteiger partial charge in [0.05, 0.1) is 5.60 Å². The summed E-state index contributed by atoms with van der Waals surface area (Å²) < 4.78 is 0. The molecule has 2 rings (SSSR count). The van der Waals surface area contributed by atoms with Crippen molar-refractivity contribution >= 4 is 0 Å². The van der Waals surface area contributed by atoms with Crippen LogP contribution in [0, 0.1) is 12.3 Å². The largest absolute Gasteiger partial charge is 0.388 e. The number of terminal acetylenes is 1. The molecule has 0 aromatic heterocycles. The highest BCUT2D eigenvalue weighted by molar-refractivity contribution is 5.03. The molecule has 0 spiro atoms. The van der Waals surface area contributed by atoms with Gasteiger partial charge in [-0.2, -0.15) is 0 Å². The SMILES string of the molecule is C#CCC1(O)CCN(C2CC2)C1. The van der Waals surface area contributed by atoms with Crippen molar-refractivity contribution in [2.75, 3.05) is 13.1 Å². The lowest BCUT2D eigenvalue weighted by Crippen LogP contribution is -2.33. The molecule has 2 aliphatic rings. The summed E-state index contributed by atoms with van der Waals surface area (Å²) in [5, 5.41) is 9.95. The van der Waals surface area contributed by atoms with Gasteiger partial charge in [0.2, 0.25) is 0 Å². The maximum Gasteiger partial charge on any atom is 0.0894 e. The van der Waals surface area contributed by atoms with Gasteiger partial charge in [-0.25, -0.2) is 0 Å². The fraction of sp³-hybridized carbons (Fsp3) is 0.800.